The number of hydrazone groups is 1. The lowest BCUT2D eigenvalue weighted by molar-refractivity contribution is -0.159. The van der Waals surface area contributed by atoms with Crippen molar-refractivity contribution in [2.45, 2.75) is 19.1 Å². The number of rotatable bonds is 4. The summed E-state index contributed by atoms with van der Waals surface area (Å²) >= 11 is 11.6. The summed E-state index contributed by atoms with van der Waals surface area (Å²) in [5.41, 5.74) is 2.62. The van der Waals surface area contributed by atoms with Crippen LogP contribution in [0.25, 0.3) is 0 Å². The summed E-state index contributed by atoms with van der Waals surface area (Å²) in [6.07, 6.45) is 1.27. The molecule has 0 aromatic heterocycles. The first-order valence-electron chi connectivity index (χ1n) is 6.17. The van der Waals surface area contributed by atoms with E-state index in [2.05, 4.69) is 10.5 Å². The number of benzene rings is 1. The summed E-state index contributed by atoms with van der Waals surface area (Å²) in [6.45, 7) is 2.61. The van der Waals surface area contributed by atoms with Crippen molar-refractivity contribution in [2.24, 2.45) is 5.10 Å². The Balaban J connectivity index is 1.95. The molecule has 6 nitrogen and oxygen atoms in total. The quantitative estimate of drug-likeness (QED) is 0.654. The summed E-state index contributed by atoms with van der Waals surface area (Å²) in [5, 5.41) is 13.9. The molecule has 1 saturated heterocycles. The van der Waals surface area contributed by atoms with Gasteiger partial charge in [0.2, 0.25) is 5.91 Å². The second-order valence-electron chi connectivity index (χ2n) is 4.63. The molecule has 0 bridgehead atoms. The third-order valence-corrected chi connectivity index (χ3v) is 3.34. The highest BCUT2D eigenvalue weighted by Crippen LogP contribution is 2.30. The second-order valence-corrected chi connectivity index (χ2v) is 5.47. The number of phenols is 1. The van der Waals surface area contributed by atoms with Gasteiger partial charge in [-0.05, 0) is 19.1 Å². The Hall–Kier alpha value is -1.34. The van der Waals surface area contributed by atoms with Crippen LogP contribution < -0.4 is 5.43 Å². The minimum atomic E-state index is -0.916. The lowest BCUT2D eigenvalue weighted by Crippen LogP contribution is -2.33. The Morgan fingerprint density at radius 3 is 2.81 bits per heavy atom. The number of hydrogen-bond acceptors (Lipinski definition) is 5. The van der Waals surface area contributed by atoms with Crippen LogP contribution in [0.1, 0.15) is 18.9 Å². The Bertz CT molecular complexity index is 572. The van der Waals surface area contributed by atoms with Crippen molar-refractivity contribution in [1.82, 2.24) is 5.43 Å². The summed E-state index contributed by atoms with van der Waals surface area (Å²) in [5.74, 6) is -1.45. The first-order valence-corrected chi connectivity index (χ1v) is 6.93. The van der Waals surface area contributed by atoms with Crippen LogP contribution >= 0.6 is 23.2 Å². The van der Waals surface area contributed by atoms with Gasteiger partial charge in [-0.1, -0.05) is 23.2 Å². The smallest absolute Gasteiger partial charge is 0.245 e. The number of ether oxygens (including phenoxy) is 2. The molecule has 0 spiro atoms. The van der Waals surface area contributed by atoms with Gasteiger partial charge in [0.25, 0.3) is 0 Å². The highest BCUT2D eigenvalue weighted by molar-refractivity contribution is 6.36. The molecule has 8 heteroatoms. The summed E-state index contributed by atoms with van der Waals surface area (Å²) in [4.78, 5) is 11.7. The molecular weight excluding hydrogens is 319 g/mol. The van der Waals surface area contributed by atoms with E-state index in [0.717, 1.165) is 0 Å². The van der Waals surface area contributed by atoms with Gasteiger partial charge >= 0.3 is 0 Å². The summed E-state index contributed by atoms with van der Waals surface area (Å²) < 4.78 is 10.6. The van der Waals surface area contributed by atoms with Crippen LogP contribution in [0.5, 0.6) is 5.75 Å². The molecule has 0 saturated carbocycles. The number of halogens is 2. The minimum absolute atomic E-state index is 0.0205. The van der Waals surface area contributed by atoms with E-state index < -0.39 is 5.79 Å². The molecule has 0 aliphatic carbocycles. The highest BCUT2D eigenvalue weighted by atomic mass is 35.5. The minimum Gasteiger partial charge on any atom is -0.506 e. The Labute approximate surface area is 131 Å². The fourth-order valence-corrected chi connectivity index (χ4v) is 2.36. The van der Waals surface area contributed by atoms with Crippen LogP contribution in [-0.4, -0.2) is 36.2 Å². The SMILES string of the molecule is CC1(CC(=O)N/N=C\c2cc(Cl)cc(Cl)c2O)OCCO1. The molecule has 1 heterocycles. The van der Waals surface area contributed by atoms with Crippen LogP contribution in [0.4, 0.5) is 0 Å². The number of nitrogens with zero attached hydrogens (tertiary/aromatic N) is 1. The molecular formula is C13H14Cl2N2O4. The first-order chi connectivity index (χ1) is 9.89. The predicted molar refractivity (Wildman–Crippen MR) is 78.8 cm³/mol. The van der Waals surface area contributed by atoms with E-state index in [4.69, 9.17) is 32.7 Å². The topological polar surface area (TPSA) is 80.2 Å². The highest BCUT2D eigenvalue weighted by Gasteiger charge is 2.33. The molecule has 21 heavy (non-hydrogen) atoms. The van der Waals surface area contributed by atoms with Gasteiger partial charge in [0, 0.05) is 10.6 Å². The fourth-order valence-electron chi connectivity index (χ4n) is 1.85. The molecule has 0 atom stereocenters. The van der Waals surface area contributed by atoms with Crippen molar-refractivity contribution in [3.8, 4) is 5.75 Å². The zero-order valence-corrected chi connectivity index (χ0v) is 12.7. The normalized spacial score (nSPS) is 17.3. The van der Waals surface area contributed by atoms with Crippen molar-refractivity contribution < 1.29 is 19.4 Å². The molecule has 2 N–H and O–H groups in total. The number of phenolic OH excluding ortho intramolecular Hbond substituents is 1. The summed E-state index contributed by atoms with van der Waals surface area (Å²) in [6, 6.07) is 2.88. The molecule has 1 amide bonds. The Morgan fingerprint density at radius 1 is 1.48 bits per heavy atom. The number of amides is 1. The van der Waals surface area contributed by atoms with E-state index in [1.165, 1.54) is 18.3 Å². The van der Waals surface area contributed by atoms with Gasteiger partial charge in [-0.15, -0.1) is 0 Å². The number of hydrogen-bond donors (Lipinski definition) is 2. The molecule has 0 radical (unpaired) electrons. The summed E-state index contributed by atoms with van der Waals surface area (Å²) in [7, 11) is 0. The van der Waals surface area contributed by atoms with Crippen LogP contribution in [-0.2, 0) is 14.3 Å². The molecule has 1 fully saturated rings. The van der Waals surface area contributed by atoms with E-state index in [9.17, 15) is 9.90 Å². The zero-order valence-electron chi connectivity index (χ0n) is 11.2. The lowest BCUT2D eigenvalue weighted by atomic mass is 10.2. The maximum atomic E-state index is 11.7. The van der Waals surface area contributed by atoms with Crippen molar-refractivity contribution in [2.75, 3.05) is 13.2 Å². The van der Waals surface area contributed by atoms with Crippen molar-refractivity contribution in [3.63, 3.8) is 0 Å². The number of nitrogens with one attached hydrogen (secondary N) is 1. The third kappa shape index (κ3) is 4.31. The standard InChI is InChI=1S/C13H14Cl2N2O4/c1-13(20-2-3-21-13)6-11(18)17-16-7-8-4-9(14)5-10(15)12(8)19/h4-5,7,19H,2-3,6H2,1H3,(H,17,18)/b16-7-. The monoisotopic (exact) mass is 332 g/mol. The maximum Gasteiger partial charge on any atom is 0.245 e. The van der Waals surface area contributed by atoms with Crippen LogP contribution in [0.3, 0.4) is 0 Å². The van der Waals surface area contributed by atoms with Gasteiger partial charge in [0.05, 0.1) is 30.9 Å². The predicted octanol–water partition coefficient (Wildman–Crippen LogP) is 2.30. The largest absolute Gasteiger partial charge is 0.506 e. The Kier molecular flexibility index (Phi) is 5.05. The van der Waals surface area contributed by atoms with Crippen LogP contribution in [0, 0.1) is 0 Å². The molecule has 114 valence electrons. The van der Waals surface area contributed by atoms with Crippen molar-refractivity contribution >= 4 is 35.3 Å². The van der Waals surface area contributed by atoms with Gasteiger partial charge in [0.15, 0.2) is 5.79 Å². The van der Waals surface area contributed by atoms with Crippen LogP contribution in [0.2, 0.25) is 10.0 Å². The van der Waals surface area contributed by atoms with E-state index in [1.54, 1.807) is 6.92 Å². The molecule has 1 aliphatic rings. The van der Waals surface area contributed by atoms with Gasteiger partial charge in [-0.2, -0.15) is 5.10 Å². The maximum absolute atomic E-state index is 11.7. The fraction of sp³-hybridized carbons (Fsp3) is 0.385. The van der Waals surface area contributed by atoms with Crippen molar-refractivity contribution in [3.05, 3.63) is 27.7 Å². The molecule has 0 unspecified atom stereocenters. The number of carbonyl (C=O) groups excluding carboxylic acids is 1. The van der Waals surface area contributed by atoms with Crippen molar-refractivity contribution in [1.29, 1.82) is 0 Å². The number of carbonyl (C=O) groups is 1. The number of aromatic hydroxyl groups is 1. The third-order valence-electron chi connectivity index (χ3n) is 2.83. The van der Waals surface area contributed by atoms with E-state index in [1.807, 2.05) is 0 Å². The van der Waals surface area contributed by atoms with E-state index >= 15 is 0 Å². The van der Waals surface area contributed by atoms with Gasteiger partial charge < -0.3 is 14.6 Å². The van der Waals surface area contributed by atoms with E-state index in [0.29, 0.717) is 23.8 Å². The second kappa shape index (κ2) is 6.62. The van der Waals surface area contributed by atoms with Gasteiger partial charge in [-0.3, -0.25) is 4.79 Å². The van der Waals surface area contributed by atoms with Gasteiger partial charge in [0.1, 0.15) is 5.75 Å². The van der Waals surface area contributed by atoms with E-state index in [-0.39, 0.29) is 23.1 Å². The molecule has 1 aromatic rings. The van der Waals surface area contributed by atoms with Gasteiger partial charge in [-0.25, -0.2) is 5.43 Å². The zero-order chi connectivity index (χ0) is 15.5. The lowest BCUT2D eigenvalue weighted by Gasteiger charge is -2.20. The molecule has 1 aliphatic heterocycles. The Morgan fingerprint density at radius 2 is 2.14 bits per heavy atom. The first kappa shape index (κ1) is 16.0. The average molecular weight is 333 g/mol. The molecule has 1 aromatic carbocycles. The molecule has 2 rings (SSSR count). The van der Waals surface area contributed by atoms with Crippen LogP contribution in [0.15, 0.2) is 17.2 Å². The average Bonchev–Trinajstić information content (AvgIpc) is 2.81.